The van der Waals surface area contributed by atoms with Crippen LogP contribution in [0.2, 0.25) is 0 Å². The number of carbonyl (C=O) groups excluding carboxylic acids is 1. The Hall–Kier alpha value is -2.18. The van der Waals surface area contributed by atoms with E-state index in [9.17, 15) is 13.2 Å². The molecule has 6 heteroatoms. The molecular formula is C22H28N2O3S. The summed E-state index contributed by atoms with van der Waals surface area (Å²) < 4.78 is 27.3. The van der Waals surface area contributed by atoms with E-state index in [-0.39, 0.29) is 16.8 Å². The highest BCUT2D eigenvalue weighted by atomic mass is 32.2. The fourth-order valence-corrected chi connectivity index (χ4v) is 5.26. The first-order valence-corrected chi connectivity index (χ1v) is 11.3. The highest BCUT2D eigenvalue weighted by Gasteiger charge is 2.29. The van der Waals surface area contributed by atoms with Crippen LogP contribution < -0.4 is 5.32 Å². The molecule has 1 heterocycles. The highest BCUT2D eigenvalue weighted by Crippen LogP contribution is 2.24. The van der Waals surface area contributed by atoms with E-state index < -0.39 is 10.0 Å². The molecule has 1 aliphatic heterocycles. The van der Waals surface area contributed by atoms with Gasteiger partial charge in [-0.15, -0.1) is 0 Å². The first-order chi connectivity index (χ1) is 13.4. The monoisotopic (exact) mass is 400 g/mol. The van der Waals surface area contributed by atoms with Crippen LogP contribution in [0.3, 0.4) is 0 Å². The van der Waals surface area contributed by atoms with Crippen molar-refractivity contribution in [1.29, 1.82) is 0 Å². The van der Waals surface area contributed by atoms with Gasteiger partial charge < -0.3 is 5.32 Å². The van der Waals surface area contributed by atoms with Crippen molar-refractivity contribution < 1.29 is 13.2 Å². The smallest absolute Gasteiger partial charge is 0.251 e. The highest BCUT2D eigenvalue weighted by molar-refractivity contribution is 7.89. The molecule has 0 spiro atoms. The molecular weight excluding hydrogens is 372 g/mol. The maximum atomic E-state index is 12.9. The van der Waals surface area contributed by atoms with Crippen molar-refractivity contribution in [3.63, 3.8) is 0 Å². The van der Waals surface area contributed by atoms with Crippen LogP contribution in [-0.4, -0.2) is 37.8 Å². The third-order valence-corrected chi connectivity index (χ3v) is 7.26. The van der Waals surface area contributed by atoms with E-state index in [0.717, 1.165) is 25.7 Å². The molecule has 1 saturated heterocycles. The number of nitrogens with zero attached hydrogens (tertiary/aromatic N) is 1. The Morgan fingerprint density at radius 2 is 1.79 bits per heavy atom. The zero-order valence-electron chi connectivity index (χ0n) is 16.5. The molecule has 0 radical (unpaired) electrons. The lowest BCUT2D eigenvalue weighted by atomic mass is 10.1. The number of hydrogen-bond acceptors (Lipinski definition) is 3. The molecule has 0 saturated carbocycles. The van der Waals surface area contributed by atoms with Crippen LogP contribution in [0.15, 0.2) is 53.4 Å². The summed E-state index contributed by atoms with van der Waals surface area (Å²) in [6, 6.07) is 15.1. The minimum absolute atomic E-state index is 0.00681. The van der Waals surface area contributed by atoms with Gasteiger partial charge in [0.25, 0.3) is 5.91 Å². The number of nitrogens with one attached hydrogen (secondary N) is 1. The van der Waals surface area contributed by atoms with Gasteiger partial charge in [-0.25, -0.2) is 8.42 Å². The van der Waals surface area contributed by atoms with Gasteiger partial charge in [-0.3, -0.25) is 4.79 Å². The van der Waals surface area contributed by atoms with Crippen molar-refractivity contribution in [3.8, 4) is 0 Å². The second-order valence-corrected chi connectivity index (χ2v) is 9.40. The molecule has 2 aromatic carbocycles. The van der Waals surface area contributed by atoms with Crippen LogP contribution in [0.1, 0.15) is 47.7 Å². The van der Waals surface area contributed by atoms with Crippen LogP contribution in [0, 0.1) is 6.92 Å². The summed E-state index contributed by atoms with van der Waals surface area (Å²) >= 11 is 0. The van der Waals surface area contributed by atoms with Crippen LogP contribution in [-0.2, 0) is 16.4 Å². The van der Waals surface area contributed by atoms with Gasteiger partial charge in [0.05, 0.1) is 4.90 Å². The average molecular weight is 401 g/mol. The molecule has 0 aromatic heterocycles. The predicted molar refractivity (Wildman–Crippen MR) is 111 cm³/mol. The Bertz CT molecular complexity index is 920. The minimum Gasteiger partial charge on any atom is -0.350 e. The number of benzene rings is 2. The van der Waals surface area contributed by atoms with Crippen molar-refractivity contribution in [3.05, 3.63) is 65.2 Å². The van der Waals surface area contributed by atoms with Crippen molar-refractivity contribution in [2.45, 2.75) is 50.5 Å². The first-order valence-electron chi connectivity index (χ1n) is 9.83. The van der Waals surface area contributed by atoms with Gasteiger partial charge in [0.15, 0.2) is 0 Å². The number of sulfonamides is 1. The normalized spacial score (nSPS) is 16.1. The van der Waals surface area contributed by atoms with Crippen molar-refractivity contribution in [2.75, 3.05) is 13.1 Å². The van der Waals surface area contributed by atoms with Crippen molar-refractivity contribution in [2.24, 2.45) is 0 Å². The molecule has 0 bridgehead atoms. The molecule has 1 aliphatic rings. The summed E-state index contributed by atoms with van der Waals surface area (Å²) in [6.45, 7) is 4.84. The number of amides is 1. The minimum atomic E-state index is -3.55. The maximum absolute atomic E-state index is 12.9. The Kier molecular flexibility index (Phi) is 6.52. The van der Waals surface area contributed by atoms with Gasteiger partial charge in [0.2, 0.25) is 10.0 Å². The number of rotatable bonds is 7. The van der Waals surface area contributed by atoms with E-state index in [1.54, 1.807) is 19.1 Å². The SMILES string of the molecule is Cc1ccc(C(=O)N[C@@H](C)CCc2ccccc2)cc1S(=O)(=O)N1CCCC1. The van der Waals surface area contributed by atoms with Gasteiger partial charge in [0.1, 0.15) is 0 Å². The lowest BCUT2D eigenvalue weighted by Gasteiger charge is -2.18. The summed E-state index contributed by atoms with van der Waals surface area (Å²) in [5.74, 6) is -0.238. The van der Waals surface area contributed by atoms with Crippen molar-refractivity contribution >= 4 is 15.9 Å². The van der Waals surface area contributed by atoms with Crippen LogP contribution in [0.4, 0.5) is 0 Å². The van der Waals surface area contributed by atoms with Crippen molar-refractivity contribution in [1.82, 2.24) is 9.62 Å². The average Bonchev–Trinajstić information content (AvgIpc) is 3.23. The van der Waals surface area contributed by atoms with Gasteiger partial charge >= 0.3 is 0 Å². The van der Waals surface area contributed by atoms with Gasteiger partial charge in [-0.2, -0.15) is 4.31 Å². The first kappa shape index (κ1) is 20.6. The lowest BCUT2D eigenvalue weighted by Crippen LogP contribution is -2.33. The number of aryl methyl sites for hydroxylation is 2. The Labute approximate surface area is 167 Å². The summed E-state index contributed by atoms with van der Waals surface area (Å²) in [5, 5.41) is 2.99. The van der Waals surface area contributed by atoms with Crippen LogP contribution in [0.5, 0.6) is 0 Å². The molecule has 3 rings (SSSR count). The summed E-state index contributed by atoms with van der Waals surface area (Å²) in [5.41, 5.74) is 2.29. The zero-order chi connectivity index (χ0) is 20.1. The van der Waals surface area contributed by atoms with Gasteiger partial charge in [0, 0.05) is 24.7 Å². The molecule has 1 fully saturated rings. The molecule has 1 atom stereocenters. The Morgan fingerprint density at radius 3 is 2.46 bits per heavy atom. The molecule has 28 heavy (non-hydrogen) atoms. The van der Waals surface area contributed by atoms with Crippen LogP contribution >= 0.6 is 0 Å². The largest absolute Gasteiger partial charge is 0.350 e. The molecule has 0 aliphatic carbocycles. The zero-order valence-corrected chi connectivity index (χ0v) is 17.3. The third kappa shape index (κ3) is 4.80. The Morgan fingerprint density at radius 1 is 1.11 bits per heavy atom. The van der Waals surface area contributed by atoms with E-state index in [0.29, 0.717) is 24.2 Å². The fourth-order valence-electron chi connectivity index (χ4n) is 3.49. The Balaban J connectivity index is 1.68. The molecule has 2 aromatic rings. The lowest BCUT2D eigenvalue weighted by molar-refractivity contribution is 0.0938. The van der Waals surface area contributed by atoms with E-state index in [2.05, 4.69) is 17.4 Å². The second-order valence-electron chi connectivity index (χ2n) is 7.49. The van der Waals surface area contributed by atoms with E-state index in [1.807, 2.05) is 25.1 Å². The summed E-state index contributed by atoms with van der Waals surface area (Å²) in [7, 11) is -3.55. The fraction of sp³-hybridized carbons (Fsp3) is 0.409. The number of carbonyl (C=O) groups is 1. The summed E-state index contributed by atoms with van der Waals surface area (Å²) in [4.78, 5) is 12.9. The number of hydrogen-bond donors (Lipinski definition) is 1. The summed E-state index contributed by atoms with van der Waals surface area (Å²) in [6.07, 6.45) is 3.47. The standard InChI is InChI=1S/C22H28N2O3S/c1-17-10-13-20(16-21(17)28(26,27)24-14-6-7-15-24)22(25)23-18(2)11-12-19-8-4-3-5-9-19/h3-5,8-10,13,16,18H,6-7,11-12,14-15H2,1-2H3,(H,23,25)/t18-/m0/s1. The topological polar surface area (TPSA) is 66.5 Å². The quantitative estimate of drug-likeness (QED) is 0.773. The van der Waals surface area contributed by atoms with E-state index in [4.69, 9.17) is 0 Å². The predicted octanol–water partition coefficient (Wildman–Crippen LogP) is 3.53. The molecule has 5 nitrogen and oxygen atoms in total. The molecule has 150 valence electrons. The van der Waals surface area contributed by atoms with E-state index in [1.165, 1.54) is 15.9 Å². The second kappa shape index (κ2) is 8.88. The van der Waals surface area contributed by atoms with E-state index >= 15 is 0 Å². The van der Waals surface area contributed by atoms with Crippen LogP contribution in [0.25, 0.3) is 0 Å². The van der Waals surface area contributed by atoms with Gasteiger partial charge in [-0.1, -0.05) is 36.4 Å². The maximum Gasteiger partial charge on any atom is 0.251 e. The molecule has 0 unspecified atom stereocenters. The molecule has 1 amide bonds. The molecule has 1 N–H and O–H groups in total. The third-order valence-electron chi connectivity index (χ3n) is 5.22. The van der Waals surface area contributed by atoms with Gasteiger partial charge in [-0.05, 0) is 62.8 Å².